The summed E-state index contributed by atoms with van der Waals surface area (Å²) in [6, 6.07) is 26.5. The summed E-state index contributed by atoms with van der Waals surface area (Å²) in [7, 11) is 1.29. The number of nitrogens with zero attached hydrogens (tertiary/aromatic N) is 4. The molecule has 0 bridgehead atoms. The molecule has 318 valence electrons. The van der Waals surface area contributed by atoms with Crippen LogP contribution >= 0.6 is 0 Å². The first-order valence-electron chi connectivity index (χ1n) is 21.4. The number of methoxy groups -OCH3 is 1. The number of aromatic nitrogens is 4. The highest BCUT2D eigenvalue weighted by Gasteiger charge is 2.39. The Labute approximate surface area is 359 Å². The second kappa shape index (κ2) is 16.8. The van der Waals surface area contributed by atoms with Crippen LogP contribution in [0.5, 0.6) is 0 Å². The van der Waals surface area contributed by atoms with E-state index in [9.17, 15) is 24.3 Å². The quantitative estimate of drug-likeness (QED) is 0.0916. The third-order valence-electron chi connectivity index (χ3n) is 12.6. The van der Waals surface area contributed by atoms with Crippen LogP contribution in [0.3, 0.4) is 0 Å². The largest absolute Gasteiger partial charge is 0.465 e. The number of aryl methyl sites for hydroxylation is 2. The molecular weight excluding hydrogens is 785 g/mol. The fourth-order valence-corrected chi connectivity index (χ4v) is 9.44. The van der Waals surface area contributed by atoms with Crippen LogP contribution in [0.25, 0.3) is 44.4 Å². The van der Waals surface area contributed by atoms with Gasteiger partial charge in [-0.2, -0.15) is 0 Å². The van der Waals surface area contributed by atoms with Crippen molar-refractivity contribution in [1.82, 2.24) is 40.4 Å². The summed E-state index contributed by atoms with van der Waals surface area (Å²) in [5.41, 5.74) is 9.11. The predicted molar refractivity (Wildman–Crippen MR) is 234 cm³/mol. The fourth-order valence-electron chi connectivity index (χ4n) is 9.44. The Morgan fingerprint density at radius 3 is 2.15 bits per heavy atom. The number of aromatic amines is 2. The van der Waals surface area contributed by atoms with Crippen molar-refractivity contribution in [2.75, 3.05) is 20.2 Å². The maximum Gasteiger partial charge on any atom is 0.407 e. The third kappa shape index (κ3) is 7.76. The topological polar surface area (TPSA) is 186 Å². The Morgan fingerprint density at radius 1 is 0.774 bits per heavy atom. The van der Waals surface area contributed by atoms with E-state index in [-0.39, 0.29) is 29.8 Å². The monoisotopic (exact) mass is 834 g/mol. The first-order chi connectivity index (χ1) is 30.1. The van der Waals surface area contributed by atoms with Gasteiger partial charge >= 0.3 is 12.2 Å². The van der Waals surface area contributed by atoms with Crippen molar-refractivity contribution in [1.29, 1.82) is 0 Å². The summed E-state index contributed by atoms with van der Waals surface area (Å²) in [4.78, 5) is 71.7. The van der Waals surface area contributed by atoms with E-state index in [0.29, 0.717) is 24.5 Å². The van der Waals surface area contributed by atoms with Crippen molar-refractivity contribution >= 4 is 34.8 Å². The van der Waals surface area contributed by atoms with Crippen LogP contribution in [0.4, 0.5) is 9.59 Å². The van der Waals surface area contributed by atoms with Gasteiger partial charge in [0.1, 0.15) is 23.7 Å². The smallest absolute Gasteiger partial charge is 0.407 e. The molecule has 0 spiro atoms. The number of benzene rings is 4. The summed E-state index contributed by atoms with van der Waals surface area (Å²) in [6.45, 7) is 4.79. The molecule has 14 nitrogen and oxygen atoms in total. The van der Waals surface area contributed by atoms with Crippen LogP contribution in [-0.4, -0.2) is 85.1 Å². The van der Waals surface area contributed by atoms with Gasteiger partial charge in [0.25, 0.3) is 5.91 Å². The zero-order valence-corrected chi connectivity index (χ0v) is 35.0. The standard InChI is InChI=1S/C48H50N8O6/c1-27(2)40(53-47(59)60)45(57)55-21-7-11-38(55)43-49-26-37(51-43)34-16-15-30-23-29(13-14-31(30)25-34)32-17-19-35-33(24-32)18-20-36-42(35)52-44(50-36)39-12-8-22-56(39)46(58)41(54-48(61)62-3)28-9-5-4-6-10-28/h4-6,9-10,13-17,19,23-27,38-41,53H,7-8,11-12,18,20-22H2,1-3H3,(H,49,51)(H,50,52)(H,54,61)(H,59,60)/t38-,39-,40-,41?/m0/s1. The van der Waals surface area contributed by atoms with Crippen LogP contribution in [0, 0.1) is 5.92 Å². The normalized spacial score (nSPS) is 18.0. The highest BCUT2D eigenvalue weighted by molar-refractivity contribution is 5.91. The van der Waals surface area contributed by atoms with Gasteiger partial charge in [0, 0.05) is 24.2 Å². The van der Waals surface area contributed by atoms with E-state index >= 15 is 0 Å². The zero-order valence-electron chi connectivity index (χ0n) is 35.0. The van der Waals surface area contributed by atoms with Gasteiger partial charge in [0.15, 0.2) is 0 Å². The molecule has 2 fully saturated rings. The first kappa shape index (κ1) is 40.4. The number of ether oxygens (including phenoxy) is 1. The molecule has 2 saturated heterocycles. The summed E-state index contributed by atoms with van der Waals surface area (Å²) < 4.78 is 4.86. The van der Waals surface area contributed by atoms with Crippen molar-refractivity contribution in [3.63, 3.8) is 0 Å². The molecule has 1 aliphatic carbocycles. The predicted octanol–water partition coefficient (Wildman–Crippen LogP) is 8.10. The molecule has 0 radical (unpaired) electrons. The Hall–Kier alpha value is -6.96. The van der Waals surface area contributed by atoms with E-state index in [1.165, 1.54) is 12.7 Å². The van der Waals surface area contributed by atoms with Gasteiger partial charge in [-0.15, -0.1) is 0 Å². The molecule has 62 heavy (non-hydrogen) atoms. The average molecular weight is 835 g/mol. The molecule has 2 aliphatic heterocycles. The number of hydrogen-bond donors (Lipinski definition) is 5. The van der Waals surface area contributed by atoms with Crippen molar-refractivity contribution in [3.05, 3.63) is 120 Å². The Morgan fingerprint density at radius 2 is 1.44 bits per heavy atom. The molecular formula is C48H50N8O6. The third-order valence-corrected chi connectivity index (χ3v) is 12.6. The Bertz CT molecular complexity index is 2670. The number of alkyl carbamates (subject to hydrolysis) is 1. The molecule has 4 aromatic carbocycles. The molecule has 1 unspecified atom stereocenters. The number of carbonyl (C=O) groups excluding carboxylic acids is 3. The SMILES string of the molecule is COC(=O)NC(C(=O)N1CCC[C@H]1c1nc2c([nH]1)-c1ccc(-c3ccc4cc(-c5cnc([C@@H]6CCCN6C(=O)[C@@H](NC(=O)O)C(C)C)[nH]5)ccc4c3)cc1CC2)c1ccccc1. The lowest BCUT2D eigenvalue weighted by Gasteiger charge is -2.29. The van der Waals surface area contributed by atoms with Crippen LogP contribution < -0.4 is 10.6 Å². The van der Waals surface area contributed by atoms with Gasteiger partial charge in [0.2, 0.25) is 5.91 Å². The highest BCUT2D eigenvalue weighted by atomic mass is 16.5. The molecule has 2 aromatic heterocycles. The van der Waals surface area contributed by atoms with Crippen LogP contribution in [0.1, 0.15) is 86.1 Å². The van der Waals surface area contributed by atoms with E-state index in [1.54, 1.807) is 11.1 Å². The average Bonchev–Trinajstić information content (AvgIpc) is 4.13. The van der Waals surface area contributed by atoms with E-state index in [1.807, 2.05) is 49.1 Å². The molecule has 4 heterocycles. The van der Waals surface area contributed by atoms with Crippen molar-refractivity contribution in [2.45, 2.75) is 76.5 Å². The van der Waals surface area contributed by atoms with Gasteiger partial charge < -0.3 is 40.2 Å². The van der Waals surface area contributed by atoms with Crippen molar-refractivity contribution in [2.24, 2.45) is 5.92 Å². The minimum Gasteiger partial charge on any atom is -0.465 e. The number of imidazole rings is 2. The summed E-state index contributed by atoms with van der Waals surface area (Å²) >= 11 is 0. The summed E-state index contributed by atoms with van der Waals surface area (Å²) in [6.07, 6.45) is 4.73. The molecule has 14 heteroatoms. The van der Waals surface area contributed by atoms with E-state index < -0.39 is 24.3 Å². The molecule has 4 atom stereocenters. The molecule has 6 aromatic rings. The van der Waals surface area contributed by atoms with E-state index in [0.717, 1.165) is 94.5 Å². The summed E-state index contributed by atoms with van der Waals surface area (Å²) in [5, 5.41) is 16.7. The van der Waals surface area contributed by atoms with E-state index in [4.69, 9.17) is 14.7 Å². The number of carboxylic acid groups (broad SMARTS) is 1. The van der Waals surface area contributed by atoms with Gasteiger partial charge in [-0.1, -0.05) is 86.6 Å². The maximum atomic E-state index is 14.1. The minimum atomic E-state index is -1.21. The van der Waals surface area contributed by atoms with Gasteiger partial charge in [-0.3, -0.25) is 9.59 Å². The number of likely N-dealkylation sites (tertiary alicyclic amines) is 2. The highest BCUT2D eigenvalue weighted by Crippen LogP contribution is 2.40. The Kier molecular flexibility index (Phi) is 11.0. The maximum absolute atomic E-state index is 14.1. The van der Waals surface area contributed by atoms with Crippen LogP contribution in [0.2, 0.25) is 0 Å². The molecule has 9 rings (SSSR count). The van der Waals surface area contributed by atoms with Crippen molar-refractivity contribution < 1.29 is 29.0 Å². The fraction of sp³-hybridized carbons (Fsp3) is 0.333. The van der Waals surface area contributed by atoms with Gasteiger partial charge in [-0.25, -0.2) is 19.6 Å². The number of amides is 4. The number of nitrogens with one attached hydrogen (secondary N) is 4. The minimum absolute atomic E-state index is 0.188. The second-order valence-electron chi connectivity index (χ2n) is 16.8. The lowest BCUT2D eigenvalue weighted by Crippen LogP contribution is -2.50. The lowest BCUT2D eigenvalue weighted by molar-refractivity contribution is -0.135. The Balaban J connectivity index is 0.912. The second-order valence-corrected chi connectivity index (χ2v) is 16.8. The van der Waals surface area contributed by atoms with Crippen molar-refractivity contribution in [3.8, 4) is 33.6 Å². The number of fused-ring (bicyclic) bond motifs is 4. The molecule has 4 amide bonds. The molecule has 0 saturated carbocycles. The van der Waals surface area contributed by atoms with Crippen LogP contribution in [0.15, 0.2) is 91.1 Å². The first-order valence-corrected chi connectivity index (χ1v) is 21.4. The number of H-pyrrole nitrogens is 2. The lowest BCUT2D eigenvalue weighted by atomic mass is 9.89. The van der Waals surface area contributed by atoms with Gasteiger partial charge in [-0.05, 0) is 89.6 Å². The molecule has 3 aliphatic rings. The van der Waals surface area contributed by atoms with Crippen LogP contribution in [-0.2, 0) is 27.2 Å². The number of rotatable bonds is 10. The summed E-state index contributed by atoms with van der Waals surface area (Å²) in [5.74, 6) is 0.856. The number of carbonyl (C=O) groups is 4. The van der Waals surface area contributed by atoms with E-state index in [2.05, 4.69) is 75.2 Å². The molecule has 5 N–H and O–H groups in total. The number of hydrogen-bond acceptors (Lipinski definition) is 7. The zero-order chi connectivity index (χ0) is 43.1. The van der Waals surface area contributed by atoms with Gasteiger partial charge in [0.05, 0.1) is 42.5 Å².